The molecule has 2 N–H and O–H groups in total. The van der Waals surface area contributed by atoms with E-state index in [2.05, 4.69) is 6.92 Å². The van der Waals surface area contributed by atoms with Crippen molar-refractivity contribution in [3.05, 3.63) is 11.7 Å². The highest BCUT2D eigenvalue weighted by atomic mass is 19.3. The first-order valence-corrected chi connectivity index (χ1v) is 11.6. The van der Waals surface area contributed by atoms with E-state index in [9.17, 15) is 18.4 Å². The van der Waals surface area contributed by atoms with Crippen molar-refractivity contribution >= 4 is 11.9 Å². The Morgan fingerprint density at radius 3 is 2.35 bits per heavy atom. The van der Waals surface area contributed by atoms with Gasteiger partial charge in [0.2, 0.25) is 0 Å². The van der Waals surface area contributed by atoms with E-state index in [1.807, 2.05) is 6.92 Å². The number of carbonyl (C=O) groups excluding carboxylic acids is 2. The molecule has 176 valence electrons. The van der Waals surface area contributed by atoms with Gasteiger partial charge in [0.05, 0.1) is 6.61 Å². The minimum atomic E-state index is -1.51. The van der Waals surface area contributed by atoms with E-state index in [1.165, 1.54) is 13.8 Å². The Kier molecular flexibility index (Phi) is 7.14. The van der Waals surface area contributed by atoms with Crippen molar-refractivity contribution in [3.63, 3.8) is 0 Å². The number of hydrogen-bond acceptors (Lipinski definition) is 5. The second kappa shape index (κ2) is 9.16. The minimum absolute atomic E-state index is 0.0345. The zero-order valence-corrected chi connectivity index (χ0v) is 19.2. The van der Waals surface area contributed by atoms with Gasteiger partial charge in [-0.2, -0.15) is 8.78 Å². The molecule has 0 aromatic carbocycles. The average Bonchev–Trinajstić information content (AvgIpc) is 3.04. The van der Waals surface area contributed by atoms with Crippen LogP contribution in [-0.2, 0) is 19.1 Å². The van der Waals surface area contributed by atoms with Crippen LogP contribution in [0.2, 0.25) is 0 Å². The van der Waals surface area contributed by atoms with Crippen molar-refractivity contribution in [3.8, 4) is 0 Å². The molecule has 0 radical (unpaired) electrons. The van der Waals surface area contributed by atoms with E-state index in [0.29, 0.717) is 25.0 Å². The van der Waals surface area contributed by atoms with Crippen LogP contribution >= 0.6 is 0 Å². The van der Waals surface area contributed by atoms with E-state index >= 15 is 0 Å². The smallest absolute Gasteiger partial charge is 0.302 e. The second-order valence-corrected chi connectivity index (χ2v) is 10.4. The second-order valence-electron chi connectivity index (χ2n) is 10.4. The predicted molar refractivity (Wildman–Crippen MR) is 113 cm³/mol. The molecule has 7 atom stereocenters. The molecule has 2 unspecified atom stereocenters. The van der Waals surface area contributed by atoms with Gasteiger partial charge in [0.15, 0.2) is 0 Å². The van der Waals surface area contributed by atoms with Crippen molar-refractivity contribution < 1.29 is 27.8 Å². The first-order chi connectivity index (χ1) is 14.5. The van der Waals surface area contributed by atoms with Gasteiger partial charge in [-0.15, -0.1) is 0 Å². The predicted octanol–water partition coefficient (Wildman–Crippen LogP) is 4.84. The van der Waals surface area contributed by atoms with Gasteiger partial charge in [0.1, 0.15) is 6.10 Å². The van der Waals surface area contributed by atoms with Crippen molar-refractivity contribution in [2.24, 2.45) is 40.2 Å². The number of carbonyl (C=O) groups is 2. The highest BCUT2D eigenvalue weighted by molar-refractivity contribution is 5.66. The van der Waals surface area contributed by atoms with Crippen molar-refractivity contribution in [2.45, 2.75) is 78.7 Å². The lowest BCUT2D eigenvalue weighted by molar-refractivity contribution is -0.161. The number of hydrogen-bond donors (Lipinski definition) is 1. The monoisotopic (exact) mass is 441 g/mol. The van der Waals surface area contributed by atoms with Gasteiger partial charge in [-0.1, -0.05) is 13.8 Å². The normalized spacial score (nSPS) is 40.2. The molecule has 31 heavy (non-hydrogen) atoms. The molecule has 0 aromatic rings. The Morgan fingerprint density at radius 1 is 1.06 bits per heavy atom. The molecule has 0 spiro atoms. The molecular formula is C24H37F2NO4. The lowest BCUT2D eigenvalue weighted by Gasteiger charge is -2.56. The molecule has 0 bridgehead atoms. The molecule has 5 nitrogen and oxygen atoms in total. The first-order valence-electron chi connectivity index (χ1n) is 11.6. The van der Waals surface area contributed by atoms with Crippen LogP contribution in [0, 0.1) is 34.5 Å². The van der Waals surface area contributed by atoms with Gasteiger partial charge in [0.25, 0.3) is 6.08 Å². The van der Waals surface area contributed by atoms with Crippen molar-refractivity contribution in [1.82, 2.24) is 0 Å². The van der Waals surface area contributed by atoms with E-state index in [0.717, 1.165) is 32.1 Å². The molecule has 0 aromatic heterocycles. The van der Waals surface area contributed by atoms with Crippen LogP contribution in [0.1, 0.15) is 72.6 Å². The van der Waals surface area contributed by atoms with E-state index in [4.69, 9.17) is 15.2 Å². The Labute approximate surface area is 184 Å². The maximum atomic E-state index is 13.7. The summed E-state index contributed by atoms with van der Waals surface area (Å²) in [6, 6.07) is 0. The molecule has 3 fully saturated rings. The van der Waals surface area contributed by atoms with Gasteiger partial charge in [-0.25, -0.2) is 0 Å². The summed E-state index contributed by atoms with van der Waals surface area (Å²) in [5.74, 6) is -0.0429. The van der Waals surface area contributed by atoms with Gasteiger partial charge in [-0.3, -0.25) is 9.59 Å². The maximum Gasteiger partial charge on any atom is 0.302 e. The summed E-state index contributed by atoms with van der Waals surface area (Å²) in [5, 5.41) is 0. The summed E-state index contributed by atoms with van der Waals surface area (Å²) >= 11 is 0. The quantitative estimate of drug-likeness (QED) is 0.618. The van der Waals surface area contributed by atoms with Crippen LogP contribution < -0.4 is 5.73 Å². The minimum Gasteiger partial charge on any atom is -0.466 e. The highest BCUT2D eigenvalue weighted by Gasteiger charge is 2.58. The van der Waals surface area contributed by atoms with Crippen LogP contribution in [0.5, 0.6) is 0 Å². The zero-order chi connectivity index (χ0) is 23.0. The zero-order valence-electron chi connectivity index (χ0n) is 19.2. The number of esters is 2. The highest BCUT2D eigenvalue weighted by Crippen LogP contribution is 2.64. The maximum absolute atomic E-state index is 13.7. The Morgan fingerprint density at radius 2 is 1.77 bits per heavy atom. The van der Waals surface area contributed by atoms with Crippen molar-refractivity contribution in [2.75, 3.05) is 13.2 Å². The molecule has 0 saturated heterocycles. The summed E-state index contributed by atoms with van der Waals surface area (Å²) in [4.78, 5) is 23.0. The average molecular weight is 442 g/mol. The number of allylic oxidation sites excluding steroid dienone is 1. The molecule has 0 amide bonds. The van der Waals surface area contributed by atoms with E-state index in [1.54, 1.807) is 0 Å². The van der Waals surface area contributed by atoms with Crippen LogP contribution in [0.15, 0.2) is 11.7 Å². The topological polar surface area (TPSA) is 78.6 Å². The summed E-state index contributed by atoms with van der Waals surface area (Å²) in [6.07, 6.45) is 3.30. The third-order valence-electron chi connectivity index (χ3n) is 8.87. The summed E-state index contributed by atoms with van der Waals surface area (Å²) < 4.78 is 38.2. The number of ether oxygens (including phenoxy) is 2. The van der Waals surface area contributed by atoms with Crippen LogP contribution in [0.25, 0.3) is 0 Å². The van der Waals surface area contributed by atoms with Crippen LogP contribution in [-0.4, -0.2) is 31.2 Å². The Hall–Kier alpha value is -1.50. The van der Waals surface area contributed by atoms with Crippen molar-refractivity contribution in [1.29, 1.82) is 0 Å². The lowest BCUT2D eigenvalue weighted by atomic mass is 9.49. The third-order valence-corrected chi connectivity index (χ3v) is 8.87. The molecule has 0 heterocycles. The molecule has 0 aliphatic heterocycles. The number of fused-ring (bicyclic) bond motifs is 1. The van der Waals surface area contributed by atoms with Gasteiger partial charge in [0, 0.05) is 25.3 Å². The molecular weight excluding hydrogens is 404 g/mol. The standard InChI is InChI=1S/C24H37F2NO4/c1-14(28)30-13-16-11-17(31-15(2)29)7-9-23(16,3)20-8-10-24(4)19(18(20)12-27)5-6-21(24)22(25)26/h16-20H,5-13,27H2,1-4H3/t16-,17+,18+,19?,20?,23+,24+/m1/s1. The fourth-order valence-corrected chi connectivity index (χ4v) is 7.24. The number of nitrogens with two attached hydrogens (primary N) is 1. The lowest BCUT2D eigenvalue weighted by Crippen LogP contribution is -2.53. The molecule has 3 rings (SSSR count). The van der Waals surface area contributed by atoms with Crippen LogP contribution in [0.4, 0.5) is 8.78 Å². The Bertz CT molecular complexity index is 737. The van der Waals surface area contributed by atoms with Gasteiger partial charge in [-0.05, 0) is 80.1 Å². The third kappa shape index (κ3) is 4.53. The number of halogens is 2. The summed E-state index contributed by atoms with van der Waals surface area (Å²) in [7, 11) is 0. The van der Waals surface area contributed by atoms with E-state index in [-0.39, 0.29) is 53.7 Å². The summed E-state index contributed by atoms with van der Waals surface area (Å²) in [6.45, 7) is 7.79. The molecule has 7 heteroatoms. The SMILES string of the molecule is CC(=O)OC[C@H]1C[C@@H](OC(C)=O)CC[C@]1(C)C1CC[C@]2(C)C(=C(F)F)CCC2[C@@H]1CN. The van der Waals surface area contributed by atoms with Gasteiger partial charge >= 0.3 is 11.9 Å². The van der Waals surface area contributed by atoms with Crippen LogP contribution in [0.3, 0.4) is 0 Å². The first kappa shape index (κ1) is 24.1. The fraction of sp³-hybridized carbons (Fsp3) is 0.833. The molecule has 3 aliphatic carbocycles. The van der Waals surface area contributed by atoms with E-state index < -0.39 is 11.5 Å². The largest absolute Gasteiger partial charge is 0.466 e. The fourth-order valence-electron chi connectivity index (χ4n) is 7.24. The van der Waals surface area contributed by atoms with Gasteiger partial charge < -0.3 is 15.2 Å². The molecule has 3 saturated carbocycles. The number of rotatable bonds is 5. The molecule has 3 aliphatic rings. The Balaban J connectivity index is 1.88. The summed E-state index contributed by atoms with van der Waals surface area (Å²) in [5.41, 5.74) is 6.00.